The van der Waals surface area contributed by atoms with Gasteiger partial charge in [-0.05, 0) is 32.4 Å². The Morgan fingerprint density at radius 1 is 1.40 bits per heavy atom. The van der Waals surface area contributed by atoms with Gasteiger partial charge in [0.05, 0.1) is 6.20 Å². The van der Waals surface area contributed by atoms with Crippen LogP contribution in [-0.2, 0) is 6.54 Å². The van der Waals surface area contributed by atoms with Crippen LogP contribution in [0.25, 0.3) is 11.0 Å². The van der Waals surface area contributed by atoms with Crippen LogP contribution in [0, 0.1) is 0 Å². The predicted octanol–water partition coefficient (Wildman–Crippen LogP) is 1.81. The van der Waals surface area contributed by atoms with Crippen molar-refractivity contribution in [2.45, 2.75) is 39.4 Å². The summed E-state index contributed by atoms with van der Waals surface area (Å²) in [6, 6.07) is 3.14. The highest BCUT2D eigenvalue weighted by molar-refractivity contribution is 5.75. The molecule has 2 aromatic heterocycles. The minimum absolute atomic E-state index is 0.347. The van der Waals surface area contributed by atoms with E-state index < -0.39 is 0 Å². The van der Waals surface area contributed by atoms with E-state index in [2.05, 4.69) is 47.1 Å². The molecule has 0 radical (unpaired) electrons. The fourth-order valence-corrected chi connectivity index (χ4v) is 2.86. The van der Waals surface area contributed by atoms with Gasteiger partial charge in [-0.2, -0.15) is 5.10 Å². The summed E-state index contributed by atoms with van der Waals surface area (Å²) in [6.07, 6.45) is 3.92. The van der Waals surface area contributed by atoms with Gasteiger partial charge >= 0.3 is 0 Å². The summed E-state index contributed by atoms with van der Waals surface area (Å²) in [7, 11) is 0. The topological polar surface area (TPSA) is 46.0 Å². The zero-order chi connectivity index (χ0) is 14.1. The standard InChI is InChI=1S/C15H23N5/c1-11(2)20-15-14(8-18-20)6-13(7-17-15)10-19-5-4-16-12(3)9-19/h6-8,11-12,16H,4-5,9-10H2,1-3H3/t12-/m1/s1. The van der Waals surface area contributed by atoms with E-state index in [0.29, 0.717) is 12.1 Å². The fraction of sp³-hybridized carbons (Fsp3) is 0.600. The van der Waals surface area contributed by atoms with E-state index in [0.717, 1.165) is 37.2 Å². The Balaban J connectivity index is 1.79. The van der Waals surface area contributed by atoms with Crippen molar-refractivity contribution in [1.29, 1.82) is 0 Å². The van der Waals surface area contributed by atoms with Crippen molar-refractivity contribution in [2.75, 3.05) is 19.6 Å². The number of rotatable bonds is 3. The lowest BCUT2D eigenvalue weighted by Gasteiger charge is -2.31. The number of fused-ring (bicyclic) bond motifs is 1. The van der Waals surface area contributed by atoms with Crippen molar-refractivity contribution in [2.24, 2.45) is 0 Å². The first-order chi connectivity index (χ1) is 9.63. The Bertz CT molecular complexity index is 589. The van der Waals surface area contributed by atoms with Crippen molar-refractivity contribution in [1.82, 2.24) is 25.0 Å². The van der Waals surface area contributed by atoms with E-state index in [1.54, 1.807) is 0 Å². The Morgan fingerprint density at radius 2 is 2.25 bits per heavy atom. The summed E-state index contributed by atoms with van der Waals surface area (Å²) in [5.41, 5.74) is 2.26. The van der Waals surface area contributed by atoms with Crippen LogP contribution >= 0.6 is 0 Å². The third-order valence-electron chi connectivity index (χ3n) is 3.84. The van der Waals surface area contributed by atoms with Gasteiger partial charge in [0.2, 0.25) is 0 Å². The van der Waals surface area contributed by atoms with Crippen molar-refractivity contribution >= 4 is 11.0 Å². The summed E-state index contributed by atoms with van der Waals surface area (Å²) in [6.45, 7) is 10.7. The highest BCUT2D eigenvalue weighted by Crippen LogP contribution is 2.17. The molecule has 1 aliphatic heterocycles. The number of hydrogen-bond acceptors (Lipinski definition) is 4. The molecule has 0 unspecified atom stereocenters. The number of piperazine rings is 1. The smallest absolute Gasteiger partial charge is 0.157 e. The molecule has 1 saturated heterocycles. The SMILES string of the molecule is CC(C)n1ncc2cc(CN3CCN[C@H](C)C3)cnc21. The van der Waals surface area contributed by atoms with Crippen LogP contribution in [0.15, 0.2) is 18.5 Å². The van der Waals surface area contributed by atoms with E-state index >= 15 is 0 Å². The van der Waals surface area contributed by atoms with Crippen LogP contribution in [-0.4, -0.2) is 45.3 Å². The molecule has 1 aliphatic rings. The van der Waals surface area contributed by atoms with Crippen molar-refractivity contribution < 1.29 is 0 Å². The molecule has 1 atom stereocenters. The number of pyridine rings is 1. The monoisotopic (exact) mass is 273 g/mol. The zero-order valence-electron chi connectivity index (χ0n) is 12.5. The zero-order valence-corrected chi connectivity index (χ0v) is 12.5. The van der Waals surface area contributed by atoms with Gasteiger partial charge in [0, 0.05) is 49.8 Å². The molecule has 108 valence electrons. The van der Waals surface area contributed by atoms with E-state index in [4.69, 9.17) is 0 Å². The van der Waals surface area contributed by atoms with E-state index in [9.17, 15) is 0 Å². The quantitative estimate of drug-likeness (QED) is 0.926. The number of nitrogens with zero attached hydrogens (tertiary/aromatic N) is 4. The molecule has 20 heavy (non-hydrogen) atoms. The molecule has 3 heterocycles. The van der Waals surface area contributed by atoms with Gasteiger partial charge in [0.25, 0.3) is 0 Å². The lowest BCUT2D eigenvalue weighted by Crippen LogP contribution is -2.48. The number of nitrogens with one attached hydrogen (secondary N) is 1. The molecule has 0 bridgehead atoms. The van der Waals surface area contributed by atoms with Crippen LogP contribution in [0.3, 0.4) is 0 Å². The van der Waals surface area contributed by atoms with Gasteiger partial charge < -0.3 is 5.32 Å². The Kier molecular flexibility index (Phi) is 3.72. The van der Waals surface area contributed by atoms with E-state index in [-0.39, 0.29) is 0 Å². The minimum atomic E-state index is 0.347. The first-order valence-electron chi connectivity index (χ1n) is 7.41. The third-order valence-corrected chi connectivity index (χ3v) is 3.84. The van der Waals surface area contributed by atoms with Crippen LogP contribution in [0.1, 0.15) is 32.4 Å². The third kappa shape index (κ3) is 2.69. The summed E-state index contributed by atoms with van der Waals surface area (Å²) in [5.74, 6) is 0. The van der Waals surface area contributed by atoms with E-state index in [1.807, 2.05) is 17.1 Å². The second-order valence-electron chi connectivity index (χ2n) is 6.03. The molecule has 1 fully saturated rings. The molecule has 1 N–H and O–H groups in total. The highest BCUT2D eigenvalue weighted by Gasteiger charge is 2.16. The average molecular weight is 273 g/mol. The fourth-order valence-electron chi connectivity index (χ4n) is 2.86. The number of aromatic nitrogens is 3. The van der Waals surface area contributed by atoms with Gasteiger partial charge in [0.15, 0.2) is 5.65 Å². The first-order valence-corrected chi connectivity index (χ1v) is 7.41. The van der Waals surface area contributed by atoms with Gasteiger partial charge in [0.1, 0.15) is 0 Å². The van der Waals surface area contributed by atoms with Crippen molar-refractivity contribution in [3.05, 3.63) is 24.0 Å². The summed E-state index contributed by atoms with van der Waals surface area (Å²) in [4.78, 5) is 7.09. The molecule has 2 aromatic rings. The van der Waals surface area contributed by atoms with Crippen LogP contribution in [0.4, 0.5) is 0 Å². The largest absolute Gasteiger partial charge is 0.312 e. The maximum absolute atomic E-state index is 4.61. The maximum atomic E-state index is 4.61. The summed E-state index contributed by atoms with van der Waals surface area (Å²) in [5, 5.41) is 9.04. The van der Waals surface area contributed by atoms with E-state index in [1.165, 1.54) is 5.56 Å². The summed E-state index contributed by atoms with van der Waals surface area (Å²) < 4.78 is 1.98. The molecular formula is C15H23N5. The normalized spacial score (nSPS) is 20.9. The van der Waals surface area contributed by atoms with Crippen LogP contribution < -0.4 is 5.32 Å². The molecule has 0 amide bonds. The highest BCUT2D eigenvalue weighted by atomic mass is 15.3. The predicted molar refractivity (Wildman–Crippen MR) is 80.7 cm³/mol. The second kappa shape index (κ2) is 5.50. The van der Waals surface area contributed by atoms with Gasteiger partial charge in [-0.1, -0.05) is 0 Å². The lowest BCUT2D eigenvalue weighted by atomic mass is 10.2. The molecule has 0 spiro atoms. The lowest BCUT2D eigenvalue weighted by molar-refractivity contribution is 0.199. The van der Waals surface area contributed by atoms with Gasteiger partial charge in [-0.3, -0.25) is 4.90 Å². The number of hydrogen-bond donors (Lipinski definition) is 1. The van der Waals surface area contributed by atoms with Crippen molar-refractivity contribution in [3.63, 3.8) is 0 Å². The summed E-state index contributed by atoms with van der Waals surface area (Å²) >= 11 is 0. The first kappa shape index (κ1) is 13.5. The second-order valence-corrected chi connectivity index (χ2v) is 6.03. The Morgan fingerprint density at radius 3 is 3.00 bits per heavy atom. The van der Waals surface area contributed by atoms with Crippen LogP contribution in [0.2, 0.25) is 0 Å². The average Bonchev–Trinajstić information content (AvgIpc) is 2.82. The molecule has 3 rings (SSSR count). The molecule has 0 aromatic carbocycles. The Hall–Kier alpha value is -1.46. The van der Waals surface area contributed by atoms with Gasteiger partial charge in [-0.25, -0.2) is 9.67 Å². The Labute approximate surface area is 120 Å². The van der Waals surface area contributed by atoms with Crippen molar-refractivity contribution in [3.8, 4) is 0 Å². The van der Waals surface area contributed by atoms with Crippen LogP contribution in [0.5, 0.6) is 0 Å². The molecule has 5 nitrogen and oxygen atoms in total. The minimum Gasteiger partial charge on any atom is -0.312 e. The molecule has 5 heteroatoms. The maximum Gasteiger partial charge on any atom is 0.157 e. The molecular weight excluding hydrogens is 250 g/mol. The molecule has 0 aliphatic carbocycles. The van der Waals surface area contributed by atoms with Gasteiger partial charge in [-0.15, -0.1) is 0 Å². The molecule has 0 saturated carbocycles.